The summed E-state index contributed by atoms with van der Waals surface area (Å²) < 4.78 is 9.47. The van der Waals surface area contributed by atoms with E-state index in [-0.39, 0.29) is 5.91 Å². The average molecular weight is 296 g/mol. The van der Waals surface area contributed by atoms with Gasteiger partial charge >= 0.3 is 6.09 Å². The summed E-state index contributed by atoms with van der Waals surface area (Å²) in [7, 11) is 2.79. The lowest BCUT2D eigenvalue weighted by atomic mass is 10.2. The SMILES string of the molecule is CCC.COC(=O)NCCNC(=O)c1ccccc1OC. The molecule has 0 aliphatic carbocycles. The summed E-state index contributed by atoms with van der Waals surface area (Å²) in [4.78, 5) is 22.6. The van der Waals surface area contributed by atoms with Gasteiger partial charge in [-0.05, 0) is 12.1 Å². The van der Waals surface area contributed by atoms with Gasteiger partial charge in [0.2, 0.25) is 0 Å². The molecule has 1 rings (SSSR count). The summed E-state index contributed by atoms with van der Waals surface area (Å²) in [5.74, 6) is 0.259. The molecule has 21 heavy (non-hydrogen) atoms. The van der Waals surface area contributed by atoms with Crippen LogP contribution in [0, 0.1) is 0 Å². The van der Waals surface area contributed by atoms with Gasteiger partial charge in [0.1, 0.15) is 5.75 Å². The number of carbonyl (C=O) groups excluding carboxylic acids is 2. The third-order valence-electron chi connectivity index (χ3n) is 2.22. The number of carbonyl (C=O) groups is 2. The largest absolute Gasteiger partial charge is 0.496 e. The normalized spacial score (nSPS) is 8.95. The van der Waals surface area contributed by atoms with Gasteiger partial charge in [-0.15, -0.1) is 0 Å². The molecule has 0 unspecified atom stereocenters. The Morgan fingerprint density at radius 3 is 2.19 bits per heavy atom. The summed E-state index contributed by atoms with van der Waals surface area (Å²) in [6.07, 6.45) is 0.724. The summed E-state index contributed by atoms with van der Waals surface area (Å²) in [6, 6.07) is 6.92. The van der Waals surface area contributed by atoms with E-state index in [4.69, 9.17) is 4.74 Å². The lowest BCUT2D eigenvalue weighted by Crippen LogP contribution is -2.34. The second-order valence-electron chi connectivity index (χ2n) is 4.08. The van der Waals surface area contributed by atoms with E-state index < -0.39 is 6.09 Å². The second kappa shape index (κ2) is 11.6. The van der Waals surface area contributed by atoms with Crippen molar-refractivity contribution >= 4 is 12.0 Å². The Hall–Kier alpha value is -2.24. The zero-order valence-corrected chi connectivity index (χ0v) is 13.1. The van der Waals surface area contributed by atoms with E-state index >= 15 is 0 Å². The Kier molecular flexibility index (Phi) is 10.3. The van der Waals surface area contributed by atoms with Gasteiger partial charge in [-0.25, -0.2) is 4.79 Å². The fourth-order valence-electron chi connectivity index (χ4n) is 1.34. The first-order chi connectivity index (χ1) is 10.1. The molecule has 0 bridgehead atoms. The molecule has 0 saturated heterocycles. The number of methoxy groups -OCH3 is 2. The van der Waals surface area contributed by atoms with Gasteiger partial charge in [-0.2, -0.15) is 0 Å². The molecule has 0 fully saturated rings. The highest BCUT2D eigenvalue weighted by Gasteiger charge is 2.10. The van der Waals surface area contributed by atoms with Crippen LogP contribution in [0.2, 0.25) is 0 Å². The van der Waals surface area contributed by atoms with Crippen molar-refractivity contribution in [2.45, 2.75) is 20.3 Å². The van der Waals surface area contributed by atoms with Crippen LogP contribution in [0.1, 0.15) is 30.6 Å². The number of para-hydroxylation sites is 1. The topological polar surface area (TPSA) is 76.7 Å². The Labute approximate surface area is 125 Å². The van der Waals surface area contributed by atoms with Crippen molar-refractivity contribution in [2.75, 3.05) is 27.3 Å². The van der Waals surface area contributed by atoms with Crippen molar-refractivity contribution in [3.63, 3.8) is 0 Å². The van der Waals surface area contributed by atoms with Crippen molar-refractivity contribution in [3.8, 4) is 5.75 Å². The number of benzene rings is 1. The molecule has 6 nitrogen and oxygen atoms in total. The number of rotatable bonds is 5. The smallest absolute Gasteiger partial charge is 0.406 e. The Morgan fingerprint density at radius 1 is 1.05 bits per heavy atom. The van der Waals surface area contributed by atoms with E-state index in [0.29, 0.717) is 24.4 Å². The maximum absolute atomic E-state index is 11.8. The van der Waals surface area contributed by atoms with Crippen molar-refractivity contribution in [1.82, 2.24) is 10.6 Å². The summed E-state index contributed by atoms with van der Waals surface area (Å²) in [6.45, 7) is 4.86. The number of nitrogens with one attached hydrogen (secondary N) is 2. The van der Waals surface area contributed by atoms with Gasteiger partial charge in [-0.3, -0.25) is 4.79 Å². The molecule has 0 aromatic heterocycles. The van der Waals surface area contributed by atoms with Gasteiger partial charge in [-0.1, -0.05) is 32.4 Å². The number of amides is 2. The minimum Gasteiger partial charge on any atom is -0.496 e. The van der Waals surface area contributed by atoms with Crippen molar-refractivity contribution in [2.24, 2.45) is 0 Å². The highest BCUT2D eigenvalue weighted by atomic mass is 16.5. The highest BCUT2D eigenvalue weighted by molar-refractivity contribution is 5.96. The van der Waals surface area contributed by atoms with Gasteiger partial charge in [0, 0.05) is 13.1 Å². The monoisotopic (exact) mass is 296 g/mol. The minimum atomic E-state index is -0.526. The van der Waals surface area contributed by atoms with E-state index in [1.165, 1.54) is 20.6 Å². The van der Waals surface area contributed by atoms with Crippen LogP contribution in [-0.2, 0) is 4.74 Å². The Balaban J connectivity index is 0.00000122. The zero-order valence-electron chi connectivity index (χ0n) is 13.1. The Morgan fingerprint density at radius 2 is 1.62 bits per heavy atom. The summed E-state index contributed by atoms with van der Waals surface area (Å²) in [5.41, 5.74) is 0.457. The molecule has 2 amide bonds. The van der Waals surface area contributed by atoms with Crippen LogP contribution >= 0.6 is 0 Å². The number of hydrogen-bond acceptors (Lipinski definition) is 4. The molecule has 0 heterocycles. The molecule has 0 aliphatic rings. The maximum Gasteiger partial charge on any atom is 0.406 e. The first kappa shape index (κ1) is 18.8. The van der Waals surface area contributed by atoms with Gasteiger partial charge in [0.15, 0.2) is 0 Å². The molecule has 1 aromatic rings. The molecule has 1 aromatic carbocycles. The van der Waals surface area contributed by atoms with Crippen LogP contribution in [0.15, 0.2) is 24.3 Å². The average Bonchev–Trinajstić information content (AvgIpc) is 2.51. The van der Waals surface area contributed by atoms with Gasteiger partial charge < -0.3 is 20.1 Å². The molecule has 0 radical (unpaired) electrons. The number of ether oxygens (including phenoxy) is 2. The van der Waals surface area contributed by atoms with E-state index in [1.54, 1.807) is 24.3 Å². The second-order valence-corrected chi connectivity index (χ2v) is 4.08. The molecule has 118 valence electrons. The molecule has 0 aliphatic heterocycles. The van der Waals surface area contributed by atoms with Crippen LogP contribution < -0.4 is 15.4 Å². The molecular weight excluding hydrogens is 272 g/mol. The van der Waals surface area contributed by atoms with E-state index in [1.807, 2.05) is 0 Å². The van der Waals surface area contributed by atoms with Crippen molar-refractivity contribution in [1.29, 1.82) is 0 Å². The van der Waals surface area contributed by atoms with Gasteiger partial charge in [0.25, 0.3) is 5.91 Å². The first-order valence-corrected chi connectivity index (χ1v) is 6.83. The van der Waals surface area contributed by atoms with Crippen LogP contribution in [0.3, 0.4) is 0 Å². The van der Waals surface area contributed by atoms with E-state index in [9.17, 15) is 9.59 Å². The van der Waals surface area contributed by atoms with Crippen LogP contribution in [0.25, 0.3) is 0 Å². The first-order valence-electron chi connectivity index (χ1n) is 6.83. The molecule has 0 spiro atoms. The number of hydrogen-bond donors (Lipinski definition) is 2. The molecule has 6 heteroatoms. The zero-order chi connectivity index (χ0) is 16.1. The lowest BCUT2D eigenvalue weighted by Gasteiger charge is -2.09. The molecule has 2 N–H and O–H groups in total. The third-order valence-corrected chi connectivity index (χ3v) is 2.22. The van der Waals surface area contributed by atoms with Crippen molar-refractivity contribution < 1.29 is 19.1 Å². The summed E-state index contributed by atoms with van der Waals surface area (Å²) >= 11 is 0. The summed E-state index contributed by atoms with van der Waals surface area (Å²) in [5, 5.41) is 5.12. The predicted molar refractivity (Wildman–Crippen MR) is 81.7 cm³/mol. The molecule has 0 atom stereocenters. The lowest BCUT2D eigenvalue weighted by molar-refractivity contribution is 0.0950. The molecular formula is C15H24N2O4. The standard InChI is InChI=1S/C12H16N2O4.C3H8/c1-17-10-6-4-3-5-9(10)11(15)13-7-8-14-12(16)18-2;1-3-2/h3-6H,7-8H2,1-2H3,(H,13,15)(H,14,16);3H2,1-2H3. The maximum atomic E-state index is 11.8. The quantitative estimate of drug-likeness (QED) is 0.817. The van der Waals surface area contributed by atoms with Gasteiger partial charge in [0.05, 0.1) is 19.8 Å². The predicted octanol–water partition coefficient (Wildman–Crippen LogP) is 2.20. The highest BCUT2D eigenvalue weighted by Crippen LogP contribution is 2.16. The van der Waals surface area contributed by atoms with E-state index in [0.717, 1.165) is 0 Å². The Bertz CT molecular complexity index is 435. The van der Waals surface area contributed by atoms with E-state index in [2.05, 4.69) is 29.2 Å². The number of alkyl carbamates (subject to hydrolysis) is 1. The third kappa shape index (κ3) is 7.81. The molecule has 0 saturated carbocycles. The fourth-order valence-corrected chi connectivity index (χ4v) is 1.34. The van der Waals surface area contributed by atoms with Crippen molar-refractivity contribution in [3.05, 3.63) is 29.8 Å². The van der Waals surface area contributed by atoms with Crippen LogP contribution in [0.5, 0.6) is 5.75 Å². The van der Waals surface area contributed by atoms with Crippen LogP contribution in [-0.4, -0.2) is 39.3 Å². The fraction of sp³-hybridized carbons (Fsp3) is 0.467. The minimum absolute atomic E-state index is 0.251. The van der Waals surface area contributed by atoms with Crippen LogP contribution in [0.4, 0.5) is 4.79 Å².